The maximum atomic E-state index is 12.6. The van der Waals surface area contributed by atoms with Gasteiger partial charge in [0.15, 0.2) is 0 Å². The van der Waals surface area contributed by atoms with Gasteiger partial charge in [-0.25, -0.2) is 0 Å². The first kappa shape index (κ1) is 14.8. The molecule has 0 bridgehead atoms. The van der Waals surface area contributed by atoms with E-state index in [0.29, 0.717) is 5.91 Å². The van der Waals surface area contributed by atoms with Crippen LogP contribution in [0, 0.1) is 17.8 Å². The van der Waals surface area contributed by atoms with Crippen molar-refractivity contribution in [3.05, 3.63) is 0 Å². The topological polar surface area (TPSA) is 23.6 Å². The van der Waals surface area contributed by atoms with E-state index >= 15 is 0 Å². The molecule has 19 heavy (non-hydrogen) atoms. The maximum Gasteiger partial charge on any atom is 0.239 e. The summed E-state index contributed by atoms with van der Waals surface area (Å²) in [4.78, 5) is 17.1. The average molecular weight is 266 g/mol. The van der Waals surface area contributed by atoms with Crippen LogP contribution in [0.4, 0.5) is 0 Å². The fourth-order valence-electron chi connectivity index (χ4n) is 3.68. The van der Waals surface area contributed by atoms with Crippen molar-refractivity contribution in [3.8, 4) is 0 Å². The van der Waals surface area contributed by atoms with Gasteiger partial charge in [-0.3, -0.25) is 9.69 Å². The standard InChI is InChI=1S/C16H30N2O/c1-12-5-7-17(8-6-12)16(19)15(4)18-10-13(2)9-14(3)11-18/h12-15H,5-11H2,1-4H3/t13-,14-,15-/m0/s1. The van der Waals surface area contributed by atoms with Crippen LogP contribution < -0.4 is 0 Å². The van der Waals surface area contributed by atoms with Crippen LogP contribution in [0.25, 0.3) is 0 Å². The molecule has 2 heterocycles. The first-order valence-corrected chi connectivity index (χ1v) is 8.00. The molecule has 3 heteroatoms. The fraction of sp³-hybridized carbons (Fsp3) is 0.938. The summed E-state index contributed by atoms with van der Waals surface area (Å²) in [6.07, 6.45) is 3.65. The molecule has 0 unspecified atom stereocenters. The van der Waals surface area contributed by atoms with E-state index in [2.05, 4.69) is 37.5 Å². The summed E-state index contributed by atoms with van der Waals surface area (Å²) in [6, 6.07) is 0.0682. The van der Waals surface area contributed by atoms with Crippen molar-refractivity contribution in [2.45, 2.75) is 53.0 Å². The number of hydrogen-bond donors (Lipinski definition) is 0. The summed E-state index contributed by atoms with van der Waals surface area (Å²) in [5, 5.41) is 0. The summed E-state index contributed by atoms with van der Waals surface area (Å²) >= 11 is 0. The highest BCUT2D eigenvalue weighted by Gasteiger charge is 2.32. The van der Waals surface area contributed by atoms with E-state index in [9.17, 15) is 4.79 Å². The SMILES string of the molecule is CC1CCN(C(=O)[C@H](C)N2C[C@@H](C)C[C@H](C)C2)CC1. The molecule has 2 fully saturated rings. The first-order chi connectivity index (χ1) is 8.97. The van der Waals surface area contributed by atoms with Crippen molar-refractivity contribution in [2.75, 3.05) is 26.2 Å². The number of amides is 1. The summed E-state index contributed by atoms with van der Waals surface area (Å²) in [7, 11) is 0. The van der Waals surface area contributed by atoms with Crippen molar-refractivity contribution >= 4 is 5.91 Å². The Morgan fingerprint density at radius 3 is 2.05 bits per heavy atom. The molecule has 0 spiro atoms. The summed E-state index contributed by atoms with van der Waals surface area (Å²) in [5.74, 6) is 2.59. The Kier molecular flexibility index (Phi) is 4.88. The molecule has 0 aromatic rings. The molecule has 2 rings (SSSR count). The summed E-state index contributed by atoms with van der Waals surface area (Å²) in [5.41, 5.74) is 0. The Hall–Kier alpha value is -0.570. The lowest BCUT2D eigenvalue weighted by Crippen LogP contribution is -2.53. The Morgan fingerprint density at radius 1 is 1.00 bits per heavy atom. The van der Waals surface area contributed by atoms with Crippen molar-refractivity contribution < 1.29 is 4.79 Å². The molecule has 0 radical (unpaired) electrons. The average Bonchev–Trinajstić information content (AvgIpc) is 2.37. The molecule has 3 atom stereocenters. The highest BCUT2D eigenvalue weighted by molar-refractivity contribution is 5.81. The minimum absolute atomic E-state index is 0.0682. The van der Waals surface area contributed by atoms with Gasteiger partial charge in [0.1, 0.15) is 0 Å². The van der Waals surface area contributed by atoms with E-state index in [4.69, 9.17) is 0 Å². The number of piperidine rings is 2. The van der Waals surface area contributed by atoms with Crippen LogP contribution in [0.15, 0.2) is 0 Å². The van der Waals surface area contributed by atoms with Crippen molar-refractivity contribution in [3.63, 3.8) is 0 Å². The lowest BCUT2D eigenvalue weighted by molar-refractivity contribution is -0.138. The normalized spacial score (nSPS) is 32.3. The zero-order valence-electron chi connectivity index (χ0n) is 13.1. The van der Waals surface area contributed by atoms with E-state index in [1.54, 1.807) is 0 Å². The molecule has 0 aliphatic carbocycles. The van der Waals surface area contributed by atoms with Gasteiger partial charge in [-0.15, -0.1) is 0 Å². The van der Waals surface area contributed by atoms with Crippen LogP contribution in [-0.4, -0.2) is 47.9 Å². The quantitative estimate of drug-likeness (QED) is 0.767. The molecule has 2 aliphatic heterocycles. The van der Waals surface area contributed by atoms with E-state index < -0.39 is 0 Å². The third-order valence-corrected chi connectivity index (χ3v) is 4.90. The number of carbonyl (C=O) groups is 1. The maximum absolute atomic E-state index is 12.6. The lowest BCUT2D eigenvalue weighted by Gasteiger charge is -2.40. The van der Waals surface area contributed by atoms with Gasteiger partial charge in [-0.1, -0.05) is 20.8 Å². The largest absolute Gasteiger partial charge is 0.341 e. The fourth-order valence-corrected chi connectivity index (χ4v) is 3.68. The molecule has 3 nitrogen and oxygen atoms in total. The molecule has 2 saturated heterocycles. The van der Waals surface area contributed by atoms with Gasteiger partial charge >= 0.3 is 0 Å². The van der Waals surface area contributed by atoms with Crippen molar-refractivity contribution in [1.29, 1.82) is 0 Å². The van der Waals surface area contributed by atoms with Gasteiger partial charge in [-0.2, -0.15) is 0 Å². The van der Waals surface area contributed by atoms with E-state index in [1.807, 2.05) is 0 Å². The smallest absolute Gasteiger partial charge is 0.239 e. The van der Waals surface area contributed by atoms with Gasteiger partial charge < -0.3 is 4.90 Å². The van der Waals surface area contributed by atoms with Gasteiger partial charge in [0.25, 0.3) is 0 Å². The molecule has 110 valence electrons. The van der Waals surface area contributed by atoms with Crippen molar-refractivity contribution in [2.24, 2.45) is 17.8 Å². The van der Waals surface area contributed by atoms with E-state index in [1.165, 1.54) is 19.3 Å². The number of likely N-dealkylation sites (tertiary alicyclic amines) is 2. The van der Waals surface area contributed by atoms with Gasteiger partial charge in [0.05, 0.1) is 6.04 Å². The second kappa shape index (κ2) is 6.25. The Labute approximate surface area is 118 Å². The van der Waals surface area contributed by atoms with Crippen LogP contribution >= 0.6 is 0 Å². The molecule has 0 saturated carbocycles. The zero-order chi connectivity index (χ0) is 14.0. The highest BCUT2D eigenvalue weighted by atomic mass is 16.2. The highest BCUT2D eigenvalue weighted by Crippen LogP contribution is 2.24. The second-order valence-electron chi connectivity index (χ2n) is 7.08. The van der Waals surface area contributed by atoms with E-state index in [-0.39, 0.29) is 6.04 Å². The minimum Gasteiger partial charge on any atom is -0.341 e. The third-order valence-electron chi connectivity index (χ3n) is 4.90. The molecule has 1 amide bonds. The Balaban J connectivity index is 1.91. The Bertz CT molecular complexity index is 300. The second-order valence-corrected chi connectivity index (χ2v) is 7.08. The molecule has 2 aliphatic rings. The molecular weight excluding hydrogens is 236 g/mol. The van der Waals surface area contributed by atoms with Crippen LogP contribution in [0.5, 0.6) is 0 Å². The predicted octanol–water partition coefficient (Wildman–Crippen LogP) is 2.61. The number of hydrogen-bond acceptors (Lipinski definition) is 2. The summed E-state index contributed by atoms with van der Waals surface area (Å²) in [6.45, 7) is 13.1. The van der Waals surface area contributed by atoms with Crippen LogP contribution in [0.1, 0.15) is 47.0 Å². The first-order valence-electron chi connectivity index (χ1n) is 8.00. The summed E-state index contributed by atoms with van der Waals surface area (Å²) < 4.78 is 0. The lowest BCUT2D eigenvalue weighted by atomic mass is 9.90. The predicted molar refractivity (Wildman–Crippen MR) is 79.0 cm³/mol. The van der Waals surface area contributed by atoms with Gasteiger partial charge in [0.2, 0.25) is 5.91 Å². The van der Waals surface area contributed by atoms with Crippen LogP contribution in [0.3, 0.4) is 0 Å². The molecule has 0 aromatic heterocycles. The molecule has 0 N–H and O–H groups in total. The zero-order valence-corrected chi connectivity index (χ0v) is 13.1. The Morgan fingerprint density at radius 2 is 1.53 bits per heavy atom. The molecular formula is C16H30N2O. The van der Waals surface area contributed by atoms with Crippen LogP contribution in [0.2, 0.25) is 0 Å². The number of nitrogens with zero attached hydrogens (tertiary/aromatic N) is 2. The third kappa shape index (κ3) is 3.71. The number of rotatable bonds is 2. The molecule has 0 aromatic carbocycles. The minimum atomic E-state index is 0.0682. The van der Waals surface area contributed by atoms with Gasteiger partial charge in [-0.05, 0) is 43.9 Å². The van der Waals surface area contributed by atoms with Gasteiger partial charge in [0, 0.05) is 26.2 Å². The monoisotopic (exact) mass is 266 g/mol. The number of carbonyl (C=O) groups excluding carboxylic acids is 1. The van der Waals surface area contributed by atoms with Crippen molar-refractivity contribution in [1.82, 2.24) is 9.80 Å². The van der Waals surface area contributed by atoms with Crippen LogP contribution in [-0.2, 0) is 4.79 Å². The van der Waals surface area contributed by atoms with E-state index in [0.717, 1.165) is 43.9 Å².